The van der Waals surface area contributed by atoms with Gasteiger partial charge in [-0.2, -0.15) is 0 Å². The first-order valence-electron chi connectivity index (χ1n) is 5.88. The van der Waals surface area contributed by atoms with Gasteiger partial charge in [-0.25, -0.2) is 4.79 Å². The summed E-state index contributed by atoms with van der Waals surface area (Å²) in [6.45, 7) is 0. The molecule has 1 N–H and O–H groups in total. The van der Waals surface area contributed by atoms with E-state index >= 15 is 0 Å². The Labute approximate surface area is 126 Å². The second kappa shape index (κ2) is 6.68. The molecule has 2 aromatic rings. The van der Waals surface area contributed by atoms with Crippen molar-refractivity contribution in [1.82, 2.24) is 0 Å². The Bertz CT molecular complexity index is 628. The van der Waals surface area contributed by atoms with E-state index in [1.54, 1.807) is 31.0 Å². The highest BCUT2D eigenvalue weighted by Gasteiger charge is 2.07. The van der Waals surface area contributed by atoms with Gasteiger partial charge in [0.1, 0.15) is 5.75 Å². The summed E-state index contributed by atoms with van der Waals surface area (Å²) < 4.78 is 5.17. The summed E-state index contributed by atoms with van der Waals surface area (Å²) in [6.07, 6.45) is 0. The molecule has 0 heterocycles. The highest BCUT2D eigenvalue weighted by Crippen LogP contribution is 2.29. The van der Waals surface area contributed by atoms with E-state index in [9.17, 15) is 4.79 Å². The average molecular weight is 309 g/mol. The number of ether oxygens (including phenoxy) is 1. The summed E-state index contributed by atoms with van der Waals surface area (Å²) in [5, 5.41) is 9.36. The molecule has 0 saturated heterocycles. The quantitative estimate of drug-likeness (QED) is 0.835. The van der Waals surface area contributed by atoms with Crippen molar-refractivity contribution in [3.05, 3.63) is 58.6 Å². The van der Waals surface area contributed by atoms with E-state index in [4.69, 9.17) is 21.4 Å². The third-order valence-corrected chi connectivity index (χ3v) is 4.13. The third-order valence-electron chi connectivity index (χ3n) is 2.74. The average Bonchev–Trinajstić information content (AvgIpc) is 2.46. The lowest BCUT2D eigenvalue weighted by Gasteiger charge is -2.07. The Morgan fingerprint density at radius 3 is 2.75 bits per heavy atom. The molecule has 5 heteroatoms. The molecule has 0 aliphatic carbocycles. The van der Waals surface area contributed by atoms with Gasteiger partial charge in [0.25, 0.3) is 0 Å². The van der Waals surface area contributed by atoms with E-state index in [0.717, 1.165) is 16.2 Å². The van der Waals surface area contributed by atoms with Crippen molar-refractivity contribution in [2.75, 3.05) is 7.11 Å². The topological polar surface area (TPSA) is 46.5 Å². The van der Waals surface area contributed by atoms with Crippen LogP contribution in [0, 0.1) is 0 Å². The van der Waals surface area contributed by atoms with Crippen LogP contribution in [0.15, 0.2) is 47.4 Å². The molecule has 0 fully saturated rings. The van der Waals surface area contributed by atoms with E-state index in [1.165, 1.54) is 6.07 Å². The Morgan fingerprint density at radius 1 is 1.30 bits per heavy atom. The zero-order valence-electron chi connectivity index (χ0n) is 10.8. The maximum atomic E-state index is 10.8. The van der Waals surface area contributed by atoms with Gasteiger partial charge in [-0.3, -0.25) is 0 Å². The van der Waals surface area contributed by atoms with E-state index in [2.05, 4.69) is 0 Å². The molecule has 20 heavy (non-hydrogen) atoms. The monoisotopic (exact) mass is 308 g/mol. The summed E-state index contributed by atoms with van der Waals surface area (Å²) in [5.41, 5.74) is 1.11. The maximum absolute atomic E-state index is 10.8. The summed E-state index contributed by atoms with van der Waals surface area (Å²) >= 11 is 7.72. The fraction of sp³-hybridized carbons (Fsp3) is 0.133. The van der Waals surface area contributed by atoms with Gasteiger partial charge in [0, 0.05) is 15.7 Å². The molecular formula is C15H13ClO3S. The first-order chi connectivity index (χ1) is 9.60. The summed E-state index contributed by atoms with van der Waals surface area (Å²) in [6, 6.07) is 12.5. The SMILES string of the molecule is COc1cccc(SCc2ccc(C(=O)O)cc2Cl)c1. The number of aromatic carboxylic acids is 1. The number of carboxylic acids is 1. The van der Waals surface area contributed by atoms with Gasteiger partial charge in [0.2, 0.25) is 0 Å². The van der Waals surface area contributed by atoms with Gasteiger partial charge in [-0.1, -0.05) is 23.7 Å². The van der Waals surface area contributed by atoms with Gasteiger partial charge in [0.05, 0.1) is 12.7 Å². The number of hydrogen-bond acceptors (Lipinski definition) is 3. The number of halogens is 1. The molecule has 0 atom stereocenters. The van der Waals surface area contributed by atoms with Gasteiger partial charge in [-0.15, -0.1) is 11.8 Å². The van der Waals surface area contributed by atoms with E-state index < -0.39 is 5.97 Å². The van der Waals surface area contributed by atoms with Crippen LogP contribution in [-0.2, 0) is 5.75 Å². The first-order valence-corrected chi connectivity index (χ1v) is 7.25. The summed E-state index contributed by atoms with van der Waals surface area (Å²) in [4.78, 5) is 11.9. The van der Waals surface area contributed by atoms with Crippen LogP contribution in [0.4, 0.5) is 0 Å². The Balaban J connectivity index is 2.08. The minimum Gasteiger partial charge on any atom is -0.497 e. The van der Waals surface area contributed by atoms with Crippen molar-refractivity contribution in [2.24, 2.45) is 0 Å². The molecule has 0 bridgehead atoms. The minimum atomic E-state index is -0.973. The van der Waals surface area contributed by atoms with E-state index in [1.807, 2.05) is 24.3 Å². The van der Waals surface area contributed by atoms with Crippen LogP contribution in [0.2, 0.25) is 5.02 Å². The fourth-order valence-corrected chi connectivity index (χ4v) is 2.92. The van der Waals surface area contributed by atoms with Crippen molar-refractivity contribution in [3.8, 4) is 5.75 Å². The predicted molar refractivity (Wildman–Crippen MR) is 81.0 cm³/mol. The smallest absolute Gasteiger partial charge is 0.335 e. The number of hydrogen-bond donors (Lipinski definition) is 1. The highest BCUT2D eigenvalue weighted by atomic mass is 35.5. The van der Waals surface area contributed by atoms with Crippen LogP contribution in [0.3, 0.4) is 0 Å². The zero-order valence-corrected chi connectivity index (χ0v) is 12.4. The lowest BCUT2D eigenvalue weighted by molar-refractivity contribution is 0.0697. The van der Waals surface area contributed by atoms with Crippen LogP contribution in [0.5, 0.6) is 5.75 Å². The summed E-state index contributed by atoms with van der Waals surface area (Å²) in [7, 11) is 1.63. The molecule has 104 valence electrons. The van der Waals surface area contributed by atoms with Gasteiger partial charge >= 0.3 is 5.97 Å². The van der Waals surface area contributed by atoms with Gasteiger partial charge in [0.15, 0.2) is 0 Å². The number of benzene rings is 2. The van der Waals surface area contributed by atoms with Crippen LogP contribution in [0.1, 0.15) is 15.9 Å². The molecule has 0 aliphatic heterocycles. The number of thioether (sulfide) groups is 1. The summed E-state index contributed by atoms with van der Waals surface area (Å²) in [5.74, 6) is 0.507. The molecule has 0 unspecified atom stereocenters. The first kappa shape index (κ1) is 14.8. The molecule has 0 aliphatic rings. The normalized spacial score (nSPS) is 10.3. The molecular weight excluding hydrogens is 296 g/mol. The lowest BCUT2D eigenvalue weighted by atomic mass is 10.1. The molecule has 0 radical (unpaired) electrons. The maximum Gasteiger partial charge on any atom is 0.335 e. The predicted octanol–water partition coefficient (Wildman–Crippen LogP) is 4.34. The Kier molecular flexibility index (Phi) is 4.93. The molecule has 0 spiro atoms. The molecule has 0 saturated carbocycles. The van der Waals surface area contributed by atoms with Crippen molar-refractivity contribution in [2.45, 2.75) is 10.6 Å². The Morgan fingerprint density at radius 2 is 2.10 bits per heavy atom. The number of carbonyl (C=O) groups is 1. The van der Waals surface area contributed by atoms with Gasteiger partial charge < -0.3 is 9.84 Å². The third kappa shape index (κ3) is 3.68. The van der Waals surface area contributed by atoms with Crippen LogP contribution < -0.4 is 4.74 Å². The zero-order chi connectivity index (χ0) is 14.5. The van der Waals surface area contributed by atoms with Crippen LogP contribution in [-0.4, -0.2) is 18.2 Å². The number of methoxy groups -OCH3 is 1. The molecule has 2 rings (SSSR count). The van der Waals surface area contributed by atoms with Crippen molar-refractivity contribution in [3.63, 3.8) is 0 Å². The van der Waals surface area contributed by atoms with E-state index in [-0.39, 0.29) is 5.56 Å². The fourth-order valence-electron chi connectivity index (χ4n) is 1.65. The second-order valence-corrected chi connectivity index (χ2v) is 5.53. The second-order valence-electron chi connectivity index (χ2n) is 4.08. The lowest BCUT2D eigenvalue weighted by Crippen LogP contribution is -1.96. The van der Waals surface area contributed by atoms with E-state index in [0.29, 0.717) is 10.8 Å². The molecule has 2 aromatic carbocycles. The molecule has 3 nitrogen and oxygen atoms in total. The largest absolute Gasteiger partial charge is 0.497 e. The number of carboxylic acid groups (broad SMARTS) is 1. The standard InChI is InChI=1S/C15H13ClO3S/c1-19-12-3-2-4-13(8-12)20-9-11-6-5-10(15(17)18)7-14(11)16/h2-8H,9H2,1H3,(H,17,18). The van der Waals surface area contributed by atoms with Crippen molar-refractivity contribution in [1.29, 1.82) is 0 Å². The molecule has 0 aromatic heterocycles. The highest BCUT2D eigenvalue weighted by molar-refractivity contribution is 7.98. The minimum absolute atomic E-state index is 0.199. The van der Waals surface area contributed by atoms with Crippen molar-refractivity contribution < 1.29 is 14.6 Å². The van der Waals surface area contributed by atoms with Gasteiger partial charge in [-0.05, 0) is 35.9 Å². The Hall–Kier alpha value is -1.65. The van der Waals surface area contributed by atoms with Crippen LogP contribution in [0.25, 0.3) is 0 Å². The number of rotatable bonds is 5. The van der Waals surface area contributed by atoms with Crippen LogP contribution >= 0.6 is 23.4 Å². The van der Waals surface area contributed by atoms with Crippen molar-refractivity contribution >= 4 is 29.3 Å². The molecule has 0 amide bonds.